The number of rotatable bonds is 7. The Hall–Kier alpha value is -3.15. The average Bonchev–Trinajstić information content (AvgIpc) is 3.44. The molecule has 0 unspecified atom stereocenters. The summed E-state index contributed by atoms with van der Waals surface area (Å²) in [6, 6.07) is 11.9. The van der Waals surface area contributed by atoms with Crippen molar-refractivity contribution < 1.29 is 61.9 Å². The normalized spacial score (nSPS) is 11.4. The average molecular weight is 494 g/mol. The van der Waals surface area contributed by atoms with Gasteiger partial charge in [-0.05, 0) is 43.7 Å². The smallest absolute Gasteiger partial charge is 0.543 e. The van der Waals surface area contributed by atoms with Gasteiger partial charge in [-0.15, -0.1) is 0 Å². The standard InChI is InChI=1S/C23H19F3N4O4.Na/c1-13(2)33-19-8-7-16(11-17(19)23(24,25)26)21-27-20(29-34-21)15-5-3-14(4-6-15)12-30-10-9-18(28-30)22(31)32;/h3-11,13H,12H2,1-2H3,(H,31,32);/q;+1/p-1. The van der Waals surface area contributed by atoms with E-state index in [0.29, 0.717) is 12.1 Å². The molecule has 0 saturated heterocycles. The number of alkyl halides is 3. The molecular weight excluding hydrogens is 476 g/mol. The first-order valence-electron chi connectivity index (χ1n) is 10.2. The summed E-state index contributed by atoms with van der Waals surface area (Å²) in [6.45, 7) is 3.61. The second kappa shape index (κ2) is 10.6. The third-order valence-electron chi connectivity index (χ3n) is 4.73. The zero-order valence-corrected chi connectivity index (χ0v) is 21.0. The number of benzene rings is 2. The Morgan fingerprint density at radius 3 is 2.40 bits per heavy atom. The van der Waals surface area contributed by atoms with E-state index in [-0.39, 0.29) is 58.3 Å². The SMILES string of the molecule is CC(C)Oc1ccc(-c2nc(-c3ccc(Cn4ccc(C(=O)[O-])n4)cc3)no2)cc1C(F)(F)F.[Na+]. The Balaban J connectivity index is 0.00000342. The van der Waals surface area contributed by atoms with E-state index in [1.807, 2.05) is 0 Å². The van der Waals surface area contributed by atoms with Gasteiger partial charge in [0.05, 0.1) is 24.2 Å². The molecule has 35 heavy (non-hydrogen) atoms. The number of aromatic nitrogens is 4. The van der Waals surface area contributed by atoms with Crippen molar-refractivity contribution in [3.8, 4) is 28.6 Å². The fourth-order valence-corrected chi connectivity index (χ4v) is 3.20. The zero-order valence-electron chi connectivity index (χ0n) is 19.0. The molecule has 2 heterocycles. The molecule has 0 bridgehead atoms. The number of carboxylic acids is 1. The number of nitrogens with zero attached hydrogens (tertiary/aromatic N) is 4. The van der Waals surface area contributed by atoms with Crippen LogP contribution in [0.5, 0.6) is 5.75 Å². The Morgan fingerprint density at radius 1 is 1.11 bits per heavy atom. The fourth-order valence-electron chi connectivity index (χ4n) is 3.20. The molecule has 0 radical (unpaired) electrons. The van der Waals surface area contributed by atoms with Crippen LogP contribution in [0.4, 0.5) is 13.2 Å². The fraction of sp³-hybridized carbons (Fsp3) is 0.217. The minimum Gasteiger partial charge on any atom is -0.543 e. The van der Waals surface area contributed by atoms with E-state index in [1.54, 1.807) is 38.1 Å². The molecule has 4 aromatic rings. The molecule has 0 atom stereocenters. The van der Waals surface area contributed by atoms with Gasteiger partial charge in [-0.25, -0.2) is 0 Å². The maximum Gasteiger partial charge on any atom is 1.00 e. The predicted molar refractivity (Wildman–Crippen MR) is 112 cm³/mol. The summed E-state index contributed by atoms with van der Waals surface area (Å²) in [5.74, 6) is -1.49. The Labute approximate surface area is 220 Å². The molecule has 12 heteroatoms. The van der Waals surface area contributed by atoms with E-state index in [1.165, 1.54) is 29.1 Å². The van der Waals surface area contributed by atoms with Gasteiger partial charge in [0.25, 0.3) is 5.89 Å². The van der Waals surface area contributed by atoms with Gasteiger partial charge >= 0.3 is 35.7 Å². The number of hydrogen-bond donors (Lipinski definition) is 0. The monoisotopic (exact) mass is 494 g/mol. The molecule has 0 aliphatic heterocycles. The summed E-state index contributed by atoms with van der Waals surface area (Å²) in [4.78, 5) is 15.1. The molecule has 2 aromatic heterocycles. The van der Waals surface area contributed by atoms with Gasteiger partial charge in [0, 0.05) is 17.3 Å². The van der Waals surface area contributed by atoms with E-state index in [4.69, 9.17) is 9.26 Å². The minimum atomic E-state index is -4.62. The van der Waals surface area contributed by atoms with E-state index in [0.717, 1.165) is 11.6 Å². The first kappa shape index (κ1) is 26.5. The Kier molecular flexibility index (Phi) is 8.04. The maximum absolute atomic E-state index is 13.5. The topological polar surface area (TPSA) is 106 Å². The number of hydrogen-bond acceptors (Lipinski definition) is 7. The van der Waals surface area contributed by atoms with Crippen molar-refractivity contribution in [2.24, 2.45) is 0 Å². The molecule has 4 rings (SSSR count). The van der Waals surface area contributed by atoms with Crippen LogP contribution in [0.3, 0.4) is 0 Å². The first-order chi connectivity index (χ1) is 16.1. The van der Waals surface area contributed by atoms with Gasteiger partial charge in [0.1, 0.15) is 11.4 Å². The van der Waals surface area contributed by atoms with E-state index < -0.39 is 23.8 Å². The molecule has 176 valence electrons. The van der Waals surface area contributed by atoms with Crippen LogP contribution >= 0.6 is 0 Å². The third kappa shape index (κ3) is 6.30. The molecule has 0 aliphatic carbocycles. The number of ether oxygens (including phenoxy) is 1. The van der Waals surface area contributed by atoms with Crippen molar-refractivity contribution in [3.05, 3.63) is 71.5 Å². The first-order valence-corrected chi connectivity index (χ1v) is 10.2. The summed E-state index contributed by atoms with van der Waals surface area (Å²) < 4.78 is 52.5. The third-order valence-corrected chi connectivity index (χ3v) is 4.73. The molecule has 2 aromatic carbocycles. The van der Waals surface area contributed by atoms with Crippen LogP contribution in [0.1, 0.15) is 35.5 Å². The van der Waals surface area contributed by atoms with Crippen LogP contribution in [-0.2, 0) is 12.7 Å². The number of carboxylic acid groups (broad SMARTS) is 1. The molecule has 0 saturated carbocycles. The van der Waals surface area contributed by atoms with Gasteiger partial charge in [-0.1, -0.05) is 29.4 Å². The largest absolute Gasteiger partial charge is 1.00 e. The van der Waals surface area contributed by atoms with E-state index >= 15 is 0 Å². The summed E-state index contributed by atoms with van der Waals surface area (Å²) in [6.07, 6.45) is -3.51. The summed E-state index contributed by atoms with van der Waals surface area (Å²) >= 11 is 0. The zero-order chi connectivity index (χ0) is 24.5. The van der Waals surface area contributed by atoms with Gasteiger partial charge in [0.15, 0.2) is 0 Å². The summed E-state index contributed by atoms with van der Waals surface area (Å²) in [5.41, 5.74) is 0.444. The second-order valence-electron chi connectivity index (χ2n) is 7.68. The van der Waals surface area contributed by atoms with E-state index in [2.05, 4.69) is 15.2 Å². The molecular formula is C23H18F3N4NaO4. The van der Waals surface area contributed by atoms with Gasteiger partial charge in [-0.2, -0.15) is 23.3 Å². The predicted octanol–water partition coefficient (Wildman–Crippen LogP) is 0.822. The van der Waals surface area contributed by atoms with Crippen LogP contribution in [0, 0.1) is 0 Å². The Bertz CT molecular complexity index is 1320. The van der Waals surface area contributed by atoms with Gasteiger partial charge in [0.2, 0.25) is 5.82 Å². The van der Waals surface area contributed by atoms with Gasteiger partial charge in [-0.3, -0.25) is 4.68 Å². The van der Waals surface area contributed by atoms with Crippen molar-refractivity contribution in [2.75, 3.05) is 0 Å². The van der Waals surface area contributed by atoms with Crippen molar-refractivity contribution in [1.82, 2.24) is 19.9 Å². The Morgan fingerprint density at radius 2 is 1.80 bits per heavy atom. The molecule has 0 fully saturated rings. The van der Waals surface area contributed by atoms with Crippen molar-refractivity contribution in [1.29, 1.82) is 0 Å². The van der Waals surface area contributed by atoms with Gasteiger partial charge < -0.3 is 19.2 Å². The van der Waals surface area contributed by atoms with Crippen LogP contribution in [0.2, 0.25) is 0 Å². The molecule has 8 nitrogen and oxygen atoms in total. The molecule has 0 aliphatic rings. The van der Waals surface area contributed by atoms with E-state index in [9.17, 15) is 23.1 Å². The summed E-state index contributed by atoms with van der Waals surface area (Å²) in [5, 5.41) is 18.6. The number of aromatic carboxylic acids is 1. The van der Waals surface area contributed by atoms with Crippen LogP contribution in [-0.4, -0.2) is 32.0 Å². The van der Waals surface area contributed by atoms with Crippen LogP contribution in [0.15, 0.2) is 59.3 Å². The molecule has 0 spiro atoms. The number of halogens is 3. The maximum atomic E-state index is 13.5. The molecule has 0 N–H and O–H groups in total. The quantitative estimate of drug-likeness (QED) is 0.350. The summed E-state index contributed by atoms with van der Waals surface area (Å²) in [7, 11) is 0. The van der Waals surface area contributed by atoms with Crippen molar-refractivity contribution >= 4 is 5.97 Å². The second-order valence-corrected chi connectivity index (χ2v) is 7.68. The minimum absolute atomic E-state index is 0. The van der Waals surface area contributed by atoms with Crippen molar-refractivity contribution in [3.63, 3.8) is 0 Å². The number of carbonyl (C=O) groups is 1. The molecule has 0 amide bonds. The van der Waals surface area contributed by atoms with Crippen LogP contribution < -0.4 is 39.4 Å². The van der Waals surface area contributed by atoms with Crippen molar-refractivity contribution in [2.45, 2.75) is 32.7 Å². The van der Waals surface area contributed by atoms with Crippen LogP contribution in [0.25, 0.3) is 22.8 Å². The number of carbonyl (C=O) groups excluding carboxylic acids is 1.